The third kappa shape index (κ3) is 2.59. The van der Waals surface area contributed by atoms with E-state index in [0.717, 1.165) is 5.56 Å². The molecule has 0 radical (unpaired) electrons. The molecule has 2 rings (SSSR count). The summed E-state index contributed by atoms with van der Waals surface area (Å²) in [5.41, 5.74) is -0.127. The molecular weight excluding hydrogens is 244 g/mol. The fourth-order valence-corrected chi connectivity index (χ4v) is 2.92. The molecule has 0 N–H and O–H groups in total. The molecule has 0 bridgehead atoms. The monoisotopic (exact) mass is 262 g/mol. The van der Waals surface area contributed by atoms with Gasteiger partial charge in [-0.3, -0.25) is 14.9 Å². The van der Waals surface area contributed by atoms with E-state index >= 15 is 0 Å². The zero-order chi connectivity index (χ0) is 14.0. The van der Waals surface area contributed by atoms with E-state index in [0.29, 0.717) is 12.8 Å². The topological polar surface area (TPSA) is 63.5 Å². The van der Waals surface area contributed by atoms with Crippen molar-refractivity contribution in [3.8, 4) is 0 Å². The second-order valence-electron chi connectivity index (χ2n) is 5.44. The lowest BCUT2D eigenvalue weighted by Crippen LogP contribution is -2.57. The van der Waals surface area contributed by atoms with Crippen molar-refractivity contribution in [3.05, 3.63) is 46.0 Å². The Hall–Kier alpha value is -1.91. The van der Waals surface area contributed by atoms with Gasteiger partial charge in [0.05, 0.1) is 6.54 Å². The van der Waals surface area contributed by atoms with Crippen molar-refractivity contribution in [2.24, 2.45) is 5.92 Å². The Balaban J connectivity index is 2.29. The number of nitrogens with zero attached hydrogens (tertiary/aromatic N) is 2. The average molecular weight is 262 g/mol. The molecule has 0 unspecified atom stereocenters. The number of carbonyl (C=O) groups is 1. The second kappa shape index (κ2) is 4.99. The van der Waals surface area contributed by atoms with Crippen LogP contribution in [0.4, 0.5) is 0 Å². The fraction of sp³-hybridized carbons (Fsp3) is 0.500. The number of likely N-dealkylation sites (N-methyl/N-ethyl adjacent to an activating group) is 1. The van der Waals surface area contributed by atoms with Crippen LogP contribution in [0.2, 0.25) is 0 Å². The quantitative estimate of drug-likeness (QED) is 0.615. The van der Waals surface area contributed by atoms with Crippen LogP contribution in [0.1, 0.15) is 18.9 Å². The van der Waals surface area contributed by atoms with E-state index < -0.39 is 5.54 Å². The Kier molecular flexibility index (Phi) is 3.55. The minimum Gasteiger partial charge on any atom is -0.338 e. The van der Waals surface area contributed by atoms with Gasteiger partial charge in [-0.1, -0.05) is 37.3 Å². The number of carbonyl (C=O) groups excluding carboxylic acids is 1. The third-order valence-electron chi connectivity index (χ3n) is 3.78. The van der Waals surface area contributed by atoms with E-state index in [-0.39, 0.29) is 23.3 Å². The molecular formula is C14H18N2O3. The van der Waals surface area contributed by atoms with Crippen LogP contribution in [0.3, 0.4) is 0 Å². The number of rotatable bonds is 3. The molecule has 1 aliphatic heterocycles. The zero-order valence-corrected chi connectivity index (χ0v) is 11.2. The van der Waals surface area contributed by atoms with Gasteiger partial charge in [-0.05, 0) is 5.56 Å². The van der Waals surface area contributed by atoms with E-state index in [2.05, 4.69) is 0 Å². The summed E-state index contributed by atoms with van der Waals surface area (Å²) in [6, 6.07) is 9.44. The van der Waals surface area contributed by atoms with Crippen LogP contribution < -0.4 is 0 Å². The van der Waals surface area contributed by atoms with Crippen molar-refractivity contribution < 1.29 is 9.72 Å². The van der Waals surface area contributed by atoms with Gasteiger partial charge >= 0.3 is 0 Å². The minimum atomic E-state index is -1.07. The number of hydrogen-bond acceptors (Lipinski definition) is 3. The lowest BCUT2D eigenvalue weighted by atomic mass is 9.79. The number of piperidine rings is 1. The summed E-state index contributed by atoms with van der Waals surface area (Å²) in [4.78, 5) is 24.6. The molecule has 1 heterocycles. The number of likely N-dealkylation sites (tertiary alicyclic amines) is 1. The van der Waals surface area contributed by atoms with E-state index in [9.17, 15) is 14.9 Å². The third-order valence-corrected chi connectivity index (χ3v) is 3.78. The Labute approximate surface area is 112 Å². The SMILES string of the molecule is C[C@H]1C[C@](Cc2ccccc2)([N+](=O)[O-])CN(C)C1=O. The molecule has 0 aromatic heterocycles. The highest BCUT2D eigenvalue weighted by Crippen LogP contribution is 2.31. The van der Waals surface area contributed by atoms with Gasteiger partial charge in [0, 0.05) is 30.7 Å². The summed E-state index contributed by atoms with van der Waals surface area (Å²) in [5, 5.41) is 11.5. The van der Waals surface area contributed by atoms with Crippen LogP contribution >= 0.6 is 0 Å². The van der Waals surface area contributed by atoms with Gasteiger partial charge < -0.3 is 4.90 Å². The molecule has 5 nitrogen and oxygen atoms in total. The van der Waals surface area contributed by atoms with Gasteiger partial charge in [0.15, 0.2) is 0 Å². The molecule has 2 atom stereocenters. The lowest BCUT2D eigenvalue weighted by molar-refractivity contribution is -0.573. The van der Waals surface area contributed by atoms with Crippen LogP contribution in [0.5, 0.6) is 0 Å². The van der Waals surface area contributed by atoms with Crippen molar-refractivity contribution >= 4 is 5.91 Å². The van der Waals surface area contributed by atoms with Crippen LogP contribution in [0, 0.1) is 16.0 Å². The molecule has 1 amide bonds. The van der Waals surface area contributed by atoms with Crippen molar-refractivity contribution in [3.63, 3.8) is 0 Å². The van der Waals surface area contributed by atoms with E-state index in [1.807, 2.05) is 30.3 Å². The lowest BCUT2D eigenvalue weighted by Gasteiger charge is -2.37. The maximum atomic E-state index is 11.8. The Morgan fingerprint density at radius 1 is 1.42 bits per heavy atom. The van der Waals surface area contributed by atoms with Gasteiger partial charge in [0.25, 0.3) is 0 Å². The summed E-state index contributed by atoms with van der Waals surface area (Å²) < 4.78 is 0. The van der Waals surface area contributed by atoms with E-state index in [1.54, 1.807) is 14.0 Å². The smallest absolute Gasteiger partial charge is 0.244 e. The Morgan fingerprint density at radius 3 is 2.58 bits per heavy atom. The first-order valence-corrected chi connectivity index (χ1v) is 6.38. The first kappa shape index (κ1) is 13.5. The normalized spacial score (nSPS) is 27.4. The van der Waals surface area contributed by atoms with Crippen molar-refractivity contribution in [2.45, 2.75) is 25.3 Å². The molecule has 1 aromatic carbocycles. The summed E-state index contributed by atoms with van der Waals surface area (Å²) in [6.45, 7) is 1.94. The van der Waals surface area contributed by atoms with Crippen molar-refractivity contribution in [1.82, 2.24) is 4.90 Å². The predicted molar refractivity (Wildman–Crippen MR) is 71.3 cm³/mol. The predicted octanol–water partition coefficient (Wildman–Crippen LogP) is 1.74. The maximum absolute atomic E-state index is 11.8. The van der Waals surface area contributed by atoms with Crippen LogP contribution in [0.25, 0.3) is 0 Å². The highest BCUT2D eigenvalue weighted by atomic mass is 16.6. The van der Waals surface area contributed by atoms with E-state index in [1.165, 1.54) is 4.90 Å². The van der Waals surface area contributed by atoms with Gasteiger partial charge in [0.2, 0.25) is 11.4 Å². The molecule has 1 aliphatic rings. The molecule has 0 aliphatic carbocycles. The summed E-state index contributed by atoms with van der Waals surface area (Å²) in [5.74, 6) is -0.307. The maximum Gasteiger partial charge on any atom is 0.244 e. The Bertz CT molecular complexity index is 473. The van der Waals surface area contributed by atoms with Crippen molar-refractivity contribution in [1.29, 1.82) is 0 Å². The Morgan fingerprint density at radius 2 is 2.05 bits per heavy atom. The first-order valence-electron chi connectivity index (χ1n) is 6.38. The van der Waals surface area contributed by atoms with Crippen molar-refractivity contribution in [2.75, 3.05) is 13.6 Å². The van der Waals surface area contributed by atoms with Crippen LogP contribution in [-0.4, -0.2) is 34.9 Å². The van der Waals surface area contributed by atoms with Gasteiger partial charge in [-0.25, -0.2) is 0 Å². The van der Waals surface area contributed by atoms with E-state index in [4.69, 9.17) is 0 Å². The average Bonchev–Trinajstić information content (AvgIpc) is 2.37. The summed E-state index contributed by atoms with van der Waals surface area (Å²) in [6.07, 6.45) is 0.668. The summed E-state index contributed by atoms with van der Waals surface area (Å²) in [7, 11) is 1.64. The fourth-order valence-electron chi connectivity index (χ4n) is 2.92. The molecule has 0 saturated carbocycles. The molecule has 0 spiro atoms. The second-order valence-corrected chi connectivity index (χ2v) is 5.44. The molecule has 19 heavy (non-hydrogen) atoms. The highest BCUT2D eigenvalue weighted by molar-refractivity contribution is 5.79. The number of amides is 1. The number of nitro groups is 1. The highest BCUT2D eigenvalue weighted by Gasteiger charge is 2.50. The molecule has 1 fully saturated rings. The molecule has 1 saturated heterocycles. The molecule has 5 heteroatoms. The molecule has 102 valence electrons. The standard InChI is InChI=1S/C14H18N2O3/c1-11-8-14(16(18)19,10-15(2)13(11)17)9-12-6-4-3-5-7-12/h3-7,11H,8-10H2,1-2H3/t11-,14+/m0/s1. The largest absolute Gasteiger partial charge is 0.338 e. The number of benzene rings is 1. The molecule has 1 aromatic rings. The zero-order valence-electron chi connectivity index (χ0n) is 11.2. The van der Waals surface area contributed by atoms with Gasteiger partial charge in [-0.2, -0.15) is 0 Å². The first-order chi connectivity index (χ1) is 8.94. The van der Waals surface area contributed by atoms with Gasteiger partial charge in [0.1, 0.15) is 0 Å². The number of hydrogen-bond donors (Lipinski definition) is 0. The van der Waals surface area contributed by atoms with Gasteiger partial charge in [-0.15, -0.1) is 0 Å². The van der Waals surface area contributed by atoms with Crippen LogP contribution in [0.15, 0.2) is 30.3 Å². The minimum absolute atomic E-state index is 0.00876. The summed E-state index contributed by atoms with van der Waals surface area (Å²) >= 11 is 0. The van der Waals surface area contributed by atoms with Crippen LogP contribution in [-0.2, 0) is 11.2 Å².